The number of nitrogens with zero attached hydrogens (tertiary/aromatic N) is 4. The van der Waals surface area contributed by atoms with Gasteiger partial charge in [0.05, 0.1) is 32.2 Å². The highest BCUT2D eigenvalue weighted by Gasteiger charge is 2.26. The molecule has 4 rings (SSSR count). The third-order valence-corrected chi connectivity index (χ3v) is 5.35. The van der Waals surface area contributed by atoms with Crippen molar-refractivity contribution in [2.75, 3.05) is 19.1 Å². The molecule has 0 spiro atoms. The fraction of sp³-hybridized carbons (Fsp3) is 0.200. The average Bonchev–Trinajstić information content (AvgIpc) is 3.38. The number of methoxy groups -OCH3 is 2. The fourth-order valence-electron chi connectivity index (χ4n) is 2.87. The number of thiazole rings is 1. The molecule has 0 atom stereocenters. The highest BCUT2D eigenvalue weighted by atomic mass is 32.1. The molecule has 0 saturated heterocycles. The Balaban J connectivity index is 1.83. The van der Waals surface area contributed by atoms with E-state index < -0.39 is 0 Å². The molecule has 3 heterocycles. The van der Waals surface area contributed by atoms with Gasteiger partial charge in [-0.15, -0.1) is 0 Å². The van der Waals surface area contributed by atoms with Crippen LogP contribution in [0.1, 0.15) is 21.9 Å². The summed E-state index contributed by atoms with van der Waals surface area (Å²) < 4.78 is 16.9. The first kappa shape index (κ1) is 18.9. The molecule has 148 valence electrons. The van der Waals surface area contributed by atoms with Gasteiger partial charge in [0.15, 0.2) is 5.13 Å². The third kappa shape index (κ3) is 3.64. The van der Waals surface area contributed by atoms with Crippen LogP contribution in [0.5, 0.6) is 11.5 Å². The van der Waals surface area contributed by atoms with Gasteiger partial charge < -0.3 is 14.0 Å². The van der Waals surface area contributed by atoms with Crippen molar-refractivity contribution in [2.45, 2.75) is 13.5 Å². The van der Waals surface area contributed by atoms with E-state index in [4.69, 9.17) is 14.0 Å². The maximum Gasteiger partial charge on any atom is 0.299 e. The van der Waals surface area contributed by atoms with Crippen molar-refractivity contribution in [3.8, 4) is 11.5 Å². The van der Waals surface area contributed by atoms with Crippen LogP contribution in [-0.4, -0.2) is 35.3 Å². The van der Waals surface area contributed by atoms with Gasteiger partial charge in [-0.1, -0.05) is 22.6 Å². The summed E-state index contributed by atoms with van der Waals surface area (Å²) in [4.78, 5) is 23.7. The van der Waals surface area contributed by atoms with Crippen molar-refractivity contribution in [3.63, 3.8) is 0 Å². The Morgan fingerprint density at radius 2 is 1.97 bits per heavy atom. The van der Waals surface area contributed by atoms with Crippen LogP contribution in [0.25, 0.3) is 10.2 Å². The predicted molar refractivity (Wildman–Crippen MR) is 109 cm³/mol. The zero-order valence-electron chi connectivity index (χ0n) is 16.1. The molecule has 8 nitrogen and oxygen atoms in total. The van der Waals surface area contributed by atoms with Crippen molar-refractivity contribution < 1.29 is 18.8 Å². The normalized spacial score (nSPS) is 10.9. The zero-order valence-corrected chi connectivity index (χ0v) is 16.9. The molecule has 0 bridgehead atoms. The minimum atomic E-state index is -0.353. The highest BCUT2D eigenvalue weighted by molar-refractivity contribution is 7.22. The minimum Gasteiger partial charge on any atom is -0.495 e. The Labute approximate surface area is 170 Å². The van der Waals surface area contributed by atoms with Gasteiger partial charge in [0.2, 0.25) is 5.76 Å². The van der Waals surface area contributed by atoms with Crippen LogP contribution in [0.2, 0.25) is 0 Å². The molecule has 0 fully saturated rings. The van der Waals surface area contributed by atoms with E-state index in [0.29, 0.717) is 27.8 Å². The van der Waals surface area contributed by atoms with E-state index in [-0.39, 0.29) is 18.2 Å². The lowest BCUT2D eigenvalue weighted by Gasteiger charge is -2.17. The van der Waals surface area contributed by atoms with Crippen LogP contribution in [0.15, 0.2) is 47.1 Å². The summed E-state index contributed by atoms with van der Waals surface area (Å²) in [5, 5.41) is 4.30. The van der Waals surface area contributed by atoms with E-state index in [1.165, 1.54) is 16.2 Å². The van der Waals surface area contributed by atoms with Crippen LogP contribution in [-0.2, 0) is 6.54 Å². The highest BCUT2D eigenvalue weighted by Crippen LogP contribution is 2.40. The molecule has 0 aliphatic carbocycles. The predicted octanol–water partition coefficient (Wildman–Crippen LogP) is 3.85. The average molecular weight is 410 g/mol. The molecule has 4 aromatic rings. The Bertz CT molecular complexity index is 1110. The second-order valence-electron chi connectivity index (χ2n) is 6.19. The third-order valence-electron chi connectivity index (χ3n) is 4.26. The van der Waals surface area contributed by atoms with E-state index >= 15 is 0 Å². The van der Waals surface area contributed by atoms with Crippen molar-refractivity contribution >= 4 is 32.6 Å². The van der Waals surface area contributed by atoms with Crippen molar-refractivity contribution in [1.29, 1.82) is 0 Å². The van der Waals surface area contributed by atoms with Gasteiger partial charge in [0.25, 0.3) is 5.91 Å². The second-order valence-corrected chi connectivity index (χ2v) is 7.17. The first-order chi connectivity index (χ1) is 14.1. The Kier molecular flexibility index (Phi) is 5.13. The second kappa shape index (κ2) is 7.88. The number of rotatable bonds is 6. The molecule has 0 unspecified atom stereocenters. The first-order valence-electron chi connectivity index (χ1n) is 8.77. The van der Waals surface area contributed by atoms with Crippen LogP contribution < -0.4 is 14.4 Å². The number of ether oxygens (including phenoxy) is 2. The largest absolute Gasteiger partial charge is 0.495 e. The molecular weight excluding hydrogens is 392 g/mol. The Morgan fingerprint density at radius 1 is 1.17 bits per heavy atom. The topological polar surface area (TPSA) is 90.6 Å². The van der Waals surface area contributed by atoms with E-state index in [0.717, 1.165) is 10.4 Å². The number of carbonyl (C=O) groups excluding carboxylic acids is 1. The summed E-state index contributed by atoms with van der Waals surface area (Å²) in [6.07, 6.45) is 1.68. The first-order valence-corrected chi connectivity index (χ1v) is 9.59. The number of carbonyl (C=O) groups is 1. The number of amides is 1. The van der Waals surface area contributed by atoms with Gasteiger partial charge in [-0.05, 0) is 31.2 Å². The molecule has 29 heavy (non-hydrogen) atoms. The van der Waals surface area contributed by atoms with Crippen LogP contribution in [0.4, 0.5) is 5.13 Å². The summed E-state index contributed by atoms with van der Waals surface area (Å²) in [6.45, 7) is 1.99. The number of anilines is 1. The van der Waals surface area contributed by atoms with Gasteiger partial charge in [0.1, 0.15) is 21.7 Å². The summed E-state index contributed by atoms with van der Waals surface area (Å²) in [5.41, 5.74) is 1.97. The molecule has 9 heteroatoms. The molecule has 0 radical (unpaired) electrons. The van der Waals surface area contributed by atoms with Gasteiger partial charge in [-0.3, -0.25) is 14.7 Å². The number of benzene rings is 1. The SMILES string of the molecule is COc1ccc(OC)c2sc(N(Cc3ccccn3)C(=O)c3cc(C)no3)nc12. The number of hydrogen-bond donors (Lipinski definition) is 0. The zero-order chi connectivity index (χ0) is 20.4. The number of fused-ring (bicyclic) bond motifs is 1. The van der Waals surface area contributed by atoms with Gasteiger partial charge in [-0.2, -0.15) is 0 Å². The van der Waals surface area contributed by atoms with Crippen LogP contribution >= 0.6 is 11.3 Å². The number of aryl methyl sites for hydroxylation is 1. The summed E-state index contributed by atoms with van der Waals surface area (Å²) in [7, 11) is 3.17. The summed E-state index contributed by atoms with van der Waals surface area (Å²) in [6, 6.07) is 10.7. The number of pyridine rings is 1. The molecular formula is C20H18N4O4S. The molecule has 3 aromatic heterocycles. The quantitative estimate of drug-likeness (QED) is 0.477. The Hall–Kier alpha value is -3.46. The lowest BCUT2D eigenvalue weighted by atomic mass is 10.3. The maximum atomic E-state index is 13.2. The molecule has 1 aromatic carbocycles. The van der Waals surface area contributed by atoms with E-state index in [2.05, 4.69) is 15.1 Å². The summed E-state index contributed by atoms with van der Waals surface area (Å²) in [5.74, 6) is 1.04. The lowest BCUT2D eigenvalue weighted by Crippen LogP contribution is -2.30. The van der Waals surface area contributed by atoms with E-state index in [1.807, 2.05) is 24.3 Å². The number of hydrogen-bond acceptors (Lipinski definition) is 8. The standard InChI is InChI=1S/C20H18N4O4S/c1-12-10-16(28-23-12)19(25)24(11-13-6-4-5-9-21-13)20-22-17-14(26-2)7-8-15(27-3)18(17)29-20/h4-10H,11H2,1-3H3. The fourth-order valence-corrected chi connectivity index (χ4v) is 3.94. The smallest absolute Gasteiger partial charge is 0.299 e. The van der Waals surface area contributed by atoms with E-state index in [9.17, 15) is 4.79 Å². The van der Waals surface area contributed by atoms with Gasteiger partial charge in [0, 0.05) is 12.3 Å². The lowest BCUT2D eigenvalue weighted by molar-refractivity contribution is 0.0949. The molecule has 0 aliphatic heterocycles. The van der Waals surface area contributed by atoms with Crippen molar-refractivity contribution in [1.82, 2.24) is 15.1 Å². The van der Waals surface area contributed by atoms with Crippen LogP contribution in [0, 0.1) is 6.92 Å². The number of aromatic nitrogens is 3. The molecule has 0 saturated carbocycles. The molecule has 1 amide bonds. The Morgan fingerprint density at radius 3 is 2.62 bits per heavy atom. The minimum absolute atomic E-state index is 0.136. The van der Waals surface area contributed by atoms with Crippen LogP contribution in [0.3, 0.4) is 0 Å². The van der Waals surface area contributed by atoms with Gasteiger partial charge in [-0.25, -0.2) is 4.98 Å². The van der Waals surface area contributed by atoms with E-state index in [1.54, 1.807) is 39.5 Å². The molecule has 0 N–H and O–H groups in total. The maximum absolute atomic E-state index is 13.2. The van der Waals surface area contributed by atoms with Crippen molar-refractivity contribution in [3.05, 3.63) is 59.7 Å². The molecule has 0 aliphatic rings. The monoisotopic (exact) mass is 410 g/mol. The van der Waals surface area contributed by atoms with Crippen molar-refractivity contribution in [2.24, 2.45) is 0 Å². The summed E-state index contributed by atoms with van der Waals surface area (Å²) >= 11 is 1.33. The van der Waals surface area contributed by atoms with Gasteiger partial charge >= 0.3 is 0 Å².